The number of hydrogen-bond donors (Lipinski definition) is 0. The molecule has 0 fully saturated rings. The van der Waals surface area contributed by atoms with E-state index in [2.05, 4.69) is 61.4 Å². The first-order chi connectivity index (χ1) is 15.2. The molecular formula is C27H25NOS2. The zero-order chi connectivity index (χ0) is 21.7. The van der Waals surface area contributed by atoms with E-state index in [-0.39, 0.29) is 0 Å². The first-order valence-corrected chi connectivity index (χ1v) is 12.4. The van der Waals surface area contributed by atoms with Crippen molar-refractivity contribution in [2.75, 3.05) is 4.90 Å². The zero-order valence-corrected chi connectivity index (χ0v) is 19.7. The van der Waals surface area contributed by atoms with Gasteiger partial charge in [-0.1, -0.05) is 76.1 Å². The van der Waals surface area contributed by atoms with Crippen LogP contribution in [0.25, 0.3) is 22.2 Å². The van der Waals surface area contributed by atoms with Crippen LogP contribution in [-0.4, -0.2) is 0 Å². The van der Waals surface area contributed by atoms with Crippen LogP contribution in [0.15, 0.2) is 71.1 Å². The minimum absolute atomic E-state index is 0.507. The van der Waals surface area contributed by atoms with Crippen molar-refractivity contribution in [3.63, 3.8) is 0 Å². The maximum Gasteiger partial charge on any atom is 0.170 e. The highest BCUT2D eigenvalue weighted by atomic mass is 32.2. The van der Waals surface area contributed by atoms with Gasteiger partial charge < -0.3 is 9.64 Å². The smallest absolute Gasteiger partial charge is 0.170 e. The van der Waals surface area contributed by atoms with Crippen molar-refractivity contribution < 1.29 is 4.74 Å². The summed E-state index contributed by atoms with van der Waals surface area (Å²) in [6.45, 7) is 14.4. The molecule has 31 heavy (non-hydrogen) atoms. The van der Waals surface area contributed by atoms with Crippen LogP contribution in [-0.2, 0) is 0 Å². The molecule has 3 aliphatic rings. The van der Waals surface area contributed by atoms with Gasteiger partial charge in [-0.2, -0.15) is 0 Å². The van der Waals surface area contributed by atoms with E-state index in [0.29, 0.717) is 5.92 Å². The molecule has 0 radical (unpaired) electrons. The maximum absolute atomic E-state index is 6.54. The van der Waals surface area contributed by atoms with E-state index < -0.39 is 0 Å². The second-order valence-electron chi connectivity index (χ2n) is 7.51. The van der Waals surface area contributed by atoms with Crippen LogP contribution in [0, 0.1) is 5.92 Å². The van der Waals surface area contributed by atoms with Gasteiger partial charge in [-0.3, -0.25) is 0 Å². The van der Waals surface area contributed by atoms with Crippen LogP contribution in [0.2, 0.25) is 0 Å². The molecule has 0 spiro atoms. The van der Waals surface area contributed by atoms with E-state index in [9.17, 15) is 0 Å². The summed E-state index contributed by atoms with van der Waals surface area (Å²) in [5, 5.41) is 1.20. The fraction of sp³-hybridized carbons (Fsp3) is 0.185. The summed E-state index contributed by atoms with van der Waals surface area (Å²) in [6, 6.07) is 10.7. The second-order valence-corrected chi connectivity index (χ2v) is 9.65. The molecule has 0 saturated heterocycles. The number of hydrogen-bond acceptors (Lipinski definition) is 4. The number of rotatable bonds is 2. The molecule has 1 atom stereocenters. The molecule has 156 valence electrons. The van der Waals surface area contributed by atoms with E-state index in [1.54, 1.807) is 11.3 Å². The van der Waals surface area contributed by atoms with Crippen molar-refractivity contribution in [3.8, 4) is 11.5 Å². The summed E-state index contributed by atoms with van der Waals surface area (Å²) in [6.07, 6.45) is 9.51. The van der Waals surface area contributed by atoms with Crippen molar-refractivity contribution in [2.24, 2.45) is 5.92 Å². The van der Waals surface area contributed by atoms with E-state index in [0.717, 1.165) is 44.4 Å². The van der Waals surface area contributed by atoms with Gasteiger partial charge in [-0.25, -0.2) is 0 Å². The number of para-hydroxylation sites is 2. The summed E-state index contributed by atoms with van der Waals surface area (Å²) in [5.41, 5.74) is 4.69. The Balaban J connectivity index is 0.000000994. The van der Waals surface area contributed by atoms with Crippen LogP contribution in [0.3, 0.4) is 0 Å². The quantitative estimate of drug-likeness (QED) is 0.391. The summed E-state index contributed by atoms with van der Waals surface area (Å²) in [4.78, 5) is 6.22. The van der Waals surface area contributed by atoms with Crippen LogP contribution in [0.1, 0.15) is 37.6 Å². The Labute approximate surface area is 192 Å². The molecule has 3 aromatic rings. The van der Waals surface area contributed by atoms with Gasteiger partial charge in [0.15, 0.2) is 11.5 Å². The second kappa shape index (κ2) is 7.77. The van der Waals surface area contributed by atoms with Crippen LogP contribution >= 0.6 is 23.1 Å². The normalized spacial score (nSPS) is 17.8. The Hall–Kier alpha value is -2.69. The lowest BCUT2D eigenvalue weighted by molar-refractivity contribution is 0.480. The fourth-order valence-electron chi connectivity index (χ4n) is 4.44. The molecule has 0 N–H and O–H groups in total. The van der Waals surface area contributed by atoms with Crippen molar-refractivity contribution in [1.29, 1.82) is 0 Å². The molecule has 2 aromatic carbocycles. The SMILES string of the molecule is C=Cc1sc2c3c4c(cc2c1C=C)SC1=C(C=CCC1C)N4c1ccccc1O3.CC. The van der Waals surface area contributed by atoms with Gasteiger partial charge in [0.05, 0.1) is 16.1 Å². The summed E-state index contributed by atoms with van der Waals surface area (Å²) >= 11 is 3.62. The third-order valence-corrected chi connectivity index (χ3v) is 8.38. The van der Waals surface area contributed by atoms with Crippen LogP contribution < -0.4 is 9.64 Å². The lowest BCUT2D eigenvalue weighted by atomic mass is 9.98. The molecule has 1 aromatic heterocycles. The fourth-order valence-corrected chi connectivity index (χ4v) is 6.81. The minimum Gasteiger partial charge on any atom is -0.451 e. The number of thioether (sulfide) groups is 1. The number of ether oxygens (including phenoxy) is 1. The van der Waals surface area contributed by atoms with E-state index in [4.69, 9.17) is 4.74 Å². The van der Waals surface area contributed by atoms with Gasteiger partial charge in [0, 0.05) is 20.1 Å². The number of nitrogens with zero attached hydrogens (tertiary/aromatic N) is 1. The molecule has 4 heteroatoms. The third-order valence-electron chi connectivity index (χ3n) is 5.80. The highest BCUT2D eigenvalue weighted by Crippen LogP contribution is 2.62. The average molecular weight is 444 g/mol. The van der Waals surface area contributed by atoms with Gasteiger partial charge in [0.1, 0.15) is 5.69 Å². The number of thiophene rings is 1. The molecule has 3 heterocycles. The number of fused-ring (bicyclic) bond motifs is 5. The van der Waals surface area contributed by atoms with E-state index >= 15 is 0 Å². The highest BCUT2D eigenvalue weighted by Gasteiger charge is 2.38. The number of anilines is 2. The third kappa shape index (κ3) is 2.85. The van der Waals surface area contributed by atoms with Crippen LogP contribution in [0.5, 0.6) is 11.5 Å². The van der Waals surface area contributed by atoms with Gasteiger partial charge in [0.25, 0.3) is 0 Å². The molecule has 1 unspecified atom stereocenters. The summed E-state index contributed by atoms with van der Waals surface area (Å²) < 4.78 is 7.70. The molecule has 6 rings (SSSR count). The molecule has 0 bridgehead atoms. The van der Waals surface area contributed by atoms with Crippen molar-refractivity contribution in [3.05, 3.63) is 76.7 Å². The Kier molecular flexibility index (Phi) is 5.07. The topological polar surface area (TPSA) is 12.5 Å². The molecule has 0 saturated carbocycles. The maximum atomic E-state index is 6.54. The largest absolute Gasteiger partial charge is 0.451 e. The Morgan fingerprint density at radius 2 is 1.97 bits per heavy atom. The average Bonchev–Trinajstić information content (AvgIpc) is 3.18. The molecular weight excluding hydrogens is 418 g/mol. The molecule has 2 nitrogen and oxygen atoms in total. The standard InChI is InChI=1S/C25H19NOS2.C2H6/c1-4-15-16-13-21-22-23(25(16)28-20(15)5-2)27-19-12-7-6-10-17(19)26(22)18-11-8-9-14(3)24(18)29-21;1-2/h4-8,10-14H,1-2,9H2,3H3;1-2H3. The van der Waals surface area contributed by atoms with Gasteiger partial charge >= 0.3 is 0 Å². The first-order valence-electron chi connectivity index (χ1n) is 10.7. The minimum atomic E-state index is 0.507. The van der Waals surface area contributed by atoms with E-state index in [1.807, 2.05) is 43.8 Å². The van der Waals surface area contributed by atoms with Gasteiger partial charge in [0.2, 0.25) is 0 Å². The highest BCUT2D eigenvalue weighted by molar-refractivity contribution is 8.03. The van der Waals surface area contributed by atoms with Crippen molar-refractivity contribution >= 4 is 56.7 Å². The van der Waals surface area contributed by atoms with Gasteiger partial charge in [-0.15, -0.1) is 11.3 Å². The lowest BCUT2D eigenvalue weighted by Gasteiger charge is -2.41. The van der Waals surface area contributed by atoms with Crippen molar-refractivity contribution in [2.45, 2.75) is 32.1 Å². The summed E-state index contributed by atoms with van der Waals surface area (Å²) in [7, 11) is 0. The van der Waals surface area contributed by atoms with Crippen molar-refractivity contribution in [1.82, 2.24) is 0 Å². The first kappa shape index (κ1) is 20.2. The zero-order valence-electron chi connectivity index (χ0n) is 18.1. The molecule has 0 amide bonds. The Morgan fingerprint density at radius 3 is 2.74 bits per heavy atom. The van der Waals surface area contributed by atoms with Crippen LogP contribution in [0.4, 0.5) is 11.4 Å². The predicted molar refractivity (Wildman–Crippen MR) is 138 cm³/mol. The Morgan fingerprint density at radius 1 is 1.16 bits per heavy atom. The van der Waals surface area contributed by atoms with E-state index in [1.165, 1.54) is 20.9 Å². The summed E-state index contributed by atoms with van der Waals surface area (Å²) in [5.74, 6) is 2.35. The number of allylic oxidation sites excluding steroid dienone is 3. The Bertz CT molecular complexity index is 1290. The molecule has 2 aliphatic heterocycles. The lowest BCUT2D eigenvalue weighted by Crippen LogP contribution is -2.26. The molecule has 1 aliphatic carbocycles. The monoisotopic (exact) mass is 443 g/mol. The van der Waals surface area contributed by atoms with Gasteiger partial charge in [-0.05, 0) is 42.2 Å². The number of benzene rings is 2. The predicted octanol–water partition coefficient (Wildman–Crippen LogP) is 9.37.